The summed E-state index contributed by atoms with van der Waals surface area (Å²) in [6, 6.07) is 0. The Morgan fingerprint density at radius 2 is 2.73 bits per heavy atom. The zero-order chi connectivity index (χ0) is 11.5. The van der Waals surface area contributed by atoms with Crippen molar-refractivity contribution in [2.24, 2.45) is 0 Å². The van der Waals surface area contributed by atoms with E-state index >= 15 is 0 Å². The molecular weight excluding hydrogens is 140 g/mol. The quantitative estimate of drug-likeness (QED) is 0.590. The van der Waals surface area contributed by atoms with Crippen LogP contribution in [-0.2, 0) is 9.53 Å². The molecule has 0 saturated carbocycles. The summed E-state index contributed by atoms with van der Waals surface area (Å²) in [6.07, 6.45) is 0.700. The molecule has 1 unspecified atom stereocenters. The van der Waals surface area contributed by atoms with Gasteiger partial charge in [-0.05, 0) is 19.3 Å². The van der Waals surface area contributed by atoms with Gasteiger partial charge in [0.25, 0.3) is 0 Å². The molecular formula is C9H16O2. The largest absolute Gasteiger partial charge is 0.462 e. The number of carbonyl (C=O) groups is 1. The zero-order valence-corrected chi connectivity index (χ0v) is 6.51. The lowest BCUT2D eigenvalue weighted by atomic mass is 10.1. The third-order valence-corrected chi connectivity index (χ3v) is 1.82. The average Bonchev–Trinajstić information content (AvgIpc) is 2.51. The molecule has 1 heterocycles. The van der Waals surface area contributed by atoms with Gasteiger partial charge in [0, 0.05) is 11.9 Å². The molecule has 1 rings (SSSR count). The Bertz CT molecular complexity index is 230. The predicted octanol–water partition coefficient (Wildman–Crippen LogP) is 2.27. The van der Waals surface area contributed by atoms with Gasteiger partial charge >= 0.3 is 5.97 Å². The molecule has 64 valence electrons. The first-order valence-electron chi connectivity index (χ1n) is 6.11. The first-order valence-corrected chi connectivity index (χ1v) is 3.96. The molecule has 0 aromatic heterocycles. The van der Waals surface area contributed by atoms with E-state index in [4.69, 9.17) is 10.2 Å². The molecule has 2 heteroatoms. The molecule has 1 aliphatic heterocycles. The highest BCUT2D eigenvalue weighted by Crippen LogP contribution is 2.18. The van der Waals surface area contributed by atoms with Gasteiger partial charge in [-0.25, -0.2) is 0 Å². The van der Waals surface area contributed by atoms with Gasteiger partial charge in [0.1, 0.15) is 6.10 Å². The van der Waals surface area contributed by atoms with Crippen LogP contribution in [0.15, 0.2) is 0 Å². The topological polar surface area (TPSA) is 26.3 Å². The monoisotopic (exact) mass is 160 g/mol. The van der Waals surface area contributed by atoms with E-state index in [0.717, 1.165) is 0 Å². The molecule has 0 aliphatic carbocycles. The van der Waals surface area contributed by atoms with Gasteiger partial charge in [-0.15, -0.1) is 0 Å². The van der Waals surface area contributed by atoms with E-state index in [1.54, 1.807) is 0 Å². The minimum atomic E-state index is -1.76. The summed E-state index contributed by atoms with van der Waals surface area (Å²) in [5.41, 5.74) is 0. The molecule has 1 atom stereocenters. The van der Waals surface area contributed by atoms with Crippen molar-refractivity contribution in [3.8, 4) is 0 Å². The van der Waals surface area contributed by atoms with Crippen molar-refractivity contribution in [2.45, 2.75) is 51.5 Å². The standard InChI is InChI=1S/C9H16O2/c1-2-3-4-5-8-6-7-9(10)11-8/h8H,2-7H2,1H3/i1D2,2D2. The Kier molecular flexibility index (Phi) is 1.78. The van der Waals surface area contributed by atoms with Crippen molar-refractivity contribution < 1.29 is 15.0 Å². The molecule has 0 N–H and O–H groups in total. The van der Waals surface area contributed by atoms with Crippen molar-refractivity contribution in [3.63, 3.8) is 0 Å². The molecule has 0 radical (unpaired) electrons. The summed E-state index contributed by atoms with van der Waals surface area (Å²) in [5, 5.41) is 0. The number of cyclic esters (lactones) is 1. The molecule has 1 fully saturated rings. The van der Waals surface area contributed by atoms with Crippen LogP contribution < -0.4 is 0 Å². The van der Waals surface area contributed by atoms with Crippen LogP contribution in [0.1, 0.15) is 50.8 Å². The van der Waals surface area contributed by atoms with E-state index in [0.29, 0.717) is 25.7 Å². The molecule has 11 heavy (non-hydrogen) atoms. The van der Waals surface area contributed by atoms with Gasteiger partial charge in [-0.2, -0.15) is 0 Å². The van der Waals surface area contributed by atoms with Crippen LogP contribution >= 0.6 is 0 Å². The fourth-order valence-corrected chi connectivity index (χ4v) is 1.22. The minimum Gasteiger partial charge on any atom is -0.462 e. The minimum absolute atomic E-state index is 0.0804. The van der Waals surface area contributed by atoms with Crippen molar-refractivity contribution in [1.29, 1.82) is 0 Å². The van der Waals surface area contributed by atoms with E-state index < -0.39 is 13.2 Å². The van der Waals surface area contributed by atoms with Crippen LogP contribution in [0.3, 0.4) is 0 Å². The van der Waals surface area contributed by atoms with E-state index in [2.05, 4.69) is 0 Å². The summed E-state index contributed by atoms with van der Waals surface area (Å²) in [5.74, 6) is -0.179. The second kappa shape index (κ2) is 4.37. The first kappa shape index (κ1) is 4.48. The van der Waals surface area contributed by atoms with E-state index in [9.17, 15) is 4.79 Å². The number of ether oxygens (including phenoxy) is 1. The highest BCUT2D eigenvalue weighted by Gasteiger charge is 2.21. The van der Waals surface area contributed by atoms with Crippen LogP contribution in [0.25, 0.3) is 0 Å². The Morgan fingerprint density at radius 3 is 3.36 bits per heavy atom. The summed E-state index contributed by atoms with van der Waals surface area (Å²) < 4.78 is 33.8. The summed E-state index contributed by atoms with van der Waals surface area (Å²) in [4.78, 5) is 10.8. The second-order valence-corrected chi connectivity index (χ2v) is 2.75. The molecule has 0 bridgehead atoms. The Labute approximate surface area is 73.5 Å². The third-order valence-electron chi connectivity index (χ3n) is 1.82. The fourth-order valence-electron chi connectivity index (χ4n) is 1.22. The predicted molar refractivity (Wildman–Crippen MR) is 43.3 cm³/mol. The van der Waals surface area contributed by atoms with Crippen LogP contribution in [0.5, 0.6) is 0 Å². The molecule has 2 nitrogen and oxygen atoms in total. The van der Waals surface area contributed by atoms with Crippen molar-refractivity contribution in [1.82, 2.24) is 0 Å². The lowest BCUT2D eigenvalue weighted by Crippen LogP contribution is -2.05. The molecule has 0 spiro atoms. The molecule has 1 aliphatic rings. The van der Waals surface area contributed by atoms with E-state index in [-0.39, 0.29) is 18.5 Å². The first-order chi connectivity index (χ1) is 6.92. The van der Waals surface area contributed by atoms with E-state index in [1.807, 2.05) is 0 Å². The molecule has 0 aromatic rings. The van der Waals surface area contributed by atoms with Crippen molar-refractivity contribution >= 4 is 5.97 Å². The lowest BCUT2D eigenvalue weighted by Gasteiger charge is -2.06. The smallest absolute Gasteiger partial charge is 0.306 e. The average molecular weight is 160 g/mol. The van der Waals surface area contributed by atoms with Gasteiger partial charge in [0.05, 0.1) is 0 Å². The number of hydrogen-bond donors (Lipinski definition) is 0. The number of rotatable bonds is 4. The Morgan fingerprint density at radius 1 is 1.82 bits per heavy atom. The Balaban J connectivity index is 2.19. The summed E-state index contributed by atoms with van der Waals surface area (Å²) in [6.45, 7) is -1.45. The number of hydrogen-bond acceptors (Lipinski definition) is 2. The van der Waals surface area contributed by atoms with Crippen molar-refractivity contribution in [3.05, 3.63) is 0 Å². The second-order valence-electron chi connectivity index (χ2n) is 2.75. The van der Waals surface area contributed by atoms with Gasteiger partial charge in [-0.3, -0.25) is 4.79 Å². The maximum atomic E-state index is 10.8. The maximum Gasteiger partial charge on any atom is 0.306 e. The van der Waals surface area contributed by atoms with Crippen LogP contribution in [0.2, 0.25) is 0 Å². The van der Waals surface area contributed by atoms with Crippen LogP contribution in [0.4, 0.5) is 0 Å². The van der Waals surface area contributed by atoms with Gasteiger partial charge in [-0.1, -0.05) is 19.7 Å². The van der Waals surface area contributed by atoms with E-state index in [1.165, 1.54) is 0 Å². The van der Waals surface area contributed by atoms with Crippen LogP contribution in [-0.4, -0.2) is 12.1 Å². The molecule has 1 saturated heterocycles. The van der Waals surface area contributed by atoms with Crippen LogP contribution in [0, 0.1) is 0 Å². The SMILES string of the molecule is [2H]C([2H])C([2H])([2H])CCCC1CCC(=O)O1. The highest BCUT2D eigenvalue weighted by molar-refractivity contribution is 5.71. The molecule has 0 aromatic carbocycles. The lowest BCUT2D eigenvalue weighted by molar-refractivity contribution is -0.141. The summed E-state index contributed by atoms with van der Waals surface area (Å²) >= 11 is 0. The van der Waals surface area contributed by atoms with Gasteiger partial charge < -0.3 is 4.74 Å². The number of esters is 1. The maximum absolute atomic E-state index is 10.8. The zero-order valence-electron chi connectivity index (χ0n) is 10.5. The Hall–Kier alpha value is -0.530. The summed E-state index contributed by atoms with van der Waals surface area (Å²) in [7, 11) is 0. The fraction of sp³-hybridized carbons (Fsp3) is 0.889. The molecule has 0 amide bonds. The number of carbonyl (C=O) groups excluding carboxylic acids is 1. The normalized spacial score (nSPS) is 30.6. The van der Waals surface area contributed by atoms with Crippen molar-refractivity contribution in [2.75, 3.05) is 0 Å². The highest BCUT2D eigenvalue weighted by atomic mass is 16.5. The van der Waals surface area contributed by atoms with Gasteiger partial charge in [0.2, 0.25) is 0 Å². The van der Waals surface area contributed by atoms with Gasteiger partial charge in [0.15, 0.2) is 0 Å². The third kappa shape index (κ3) is 2.91.